The van der Waals surface area contributed by atoms with E-state index in [1.807, 2.05) is 0 Å². The molecule has 1 aromatic carbocycles. The van der Waals surface area contributed by atoms with Crippen molar-refractivity contribution < 1.29 is 18.3 Å². The highest BCUT2D eigenvalue weighted by Gasteiger charge is 2.09. The van der Waals surface area contributed by atoms with Crippen LogP contribution in [-0.4, -0.2) is 17.8 Å². The second kappa shape index (κ2) is 7.21. The predicted octanol–water partition coefficient (Wildman–Crippen LogP) is 2.69. The smallest absolute Gasteiger partial charge is 0.387 e. The Kier molecular flexibility index (Phi) is 5.90. The van der Waals surface area contributed by atoms with Crippen LogP contribution in [0, 0.1) is 0 Å². The number of nitrogens with one attached hydrogen (secondary N) is 1. The van der Waals surface area contributed by atoms with Crippen molar-refractivity contribution in [3.63, 3.8) is 0 Å². The summed E-state index contributed by atoms with van der Waals surface area (Å²) in [5.74, 6) is -0.0598. The largest absolute Gasteiger partial charge is 0.434 e. The average Bonchev–Trinajstić information content (AvgIpc) is 2.27. The zero-order valence-corrected chi connectivity index (χ0v) is 10.5. The van der Waals surface area contributed by atoms with Crippen LogP contribution in [-0.2, 0) is 11.3 Å². The number of benzene rings is 1. The predicted molar refractivity (Wildman–Crippen MR) is 63.3 cm³/mol. The van der Waals surface area contributed by atoms with E-state index in [2.05, 4.69) is 26.0 Å². The van der Waals surface area contributed by atoms with Crippen molar-refractivity contribution in [2.24, 2.45) is 0 Å². The Labute approximate surface area is 106 Å². The van der Waals surface area contributed by atoms with Gasteiger partial charge >= 0.3 is 6.61 Å². The van der Waals surface area contributed by atoms with E-state index in [9.17, 15) is 13.6 Å². The minimum atomic E-state index is -2.87. The summed E-state index contributed by atoms with van der Waals surface area (Å²) in [6.45, 7) is -2.69. The van der Waals surface area contributed by atoms with Crippen molar-refractivity contribution in [1.82, 2.24) is 5.32 Å². The van der Waals surface area contributed by atoms with Gasteiger partial charge in [-0.2, -0.15) is 8.78 Å². The molecule has 0 aromatic heterocycles. The van der Waals surface area contributed by atoms with Crippen LogP contribution in [0.3, 0.4) is 0 Å². The summed E-state index contributed by atoms with van der Waals surface area (Å²) in [5, 5.41) is 3.18. The first-order valence-electron chi connectivity index (χ1n) is 4.99. The van der Waals surface area contributed by atoms with Crippen LogP contribution in [0.1, 0.15) is 12.0 Å². The van der Waals surface area contributed by atoms with Gasteiger partial charge < -0.3 is 10.1 Å². The Hall–Kier alpha value is -1.17. The summed E-state index contributed by atoms with van der Waals surface area (Å²) in [5.41, 5.74) is 0.524. The molecule has 1 N–H and O–H groups in total. The number of carbonyl (C=O) groups excluding carboxylic acids is 1. The molecular formula is C11H12BrF2NO2. The van der Waals surface area contributed by atoms with Gasteiger partial charge in [0.1, 0.15) is 5.75 Å². The van der Waals surface area contributed by atoms with E-state index in [0.29, 0.717) is 17.3 Å². The first kappa shape index (κ1) is 13.9. The van der Waals surface area contributed by atoms with Crippen LogP contribution in [0.5, 0.6) is 5.75 Å². The molecule has 6 heteroatoms. The number of carbonyl (C=O) groups is 1. The first-order valence-corrected chi connectivity index (χ1v) is 6.11. The molecule has 0 radical (unpaired) electrons. The molecule has 3 nitrogen and oxygen atoms in total. The van der Waals surface area contributed by atoms with Gasteiger partial charge in [0.2, 0.25) is 5.91 Å². The normalized spacial score (nSPS) is 10.4. The molecule has 0 aliphatic carbocycles. The van der Waals surface area contributed by atoms with Gasteiger partial charge in [-0.05, 0) is 6.07 Å². The molecule has 0 bridgehead atoms. The number of ether oxygens (including phenoxy) is 1. The Morgan fingerprint density at radius 3 is 2.76 bits per heavy atom. The lowest BCUT2D eigenvalue weighted by molar-refractivity contribution is -0.120. The van der Waals surface area contributed by atoms with Crippen LogP contribution in [0.25, 0.3) is 0 Å². The van der Waals surface area contributed by atoms with Gasteiger partial charge in [0.25, 0.3) is 0 Å². The molecule has 0 saturated heterocycles. The van der Waals surface area contributed by atoms with Crippen molar-refractivity contribution in [3.8, 4) is 5.75 Å². The highest BCUT2D eigenvalue weighted by Crippen LogP contribution is 2.19. The van der Waals surface area contributed by atoms with Crippen LogP contribution in [0.2, 0.25) is 0 Å². The Morgan fingerprint density at radius 2 is 2.12 bits per heavy atom. The monoisotopic (exact) mass is 307 g/mol. The van der Waals surface area contributed by atoms with Crippen LogP contribution in [0.15, 0.2) is 24.3 Å². The maximum Gasteiger partial charge on any atom is 0.387 e. The number of para-hydroxylation sites is 1. The third-order valence-electron chi connectivity index (χ3n) is 1.99. The number of halogens is 3. The summed E-state index contributed by atoms with van der Waals surface area (Å²) in [4.78, 5) is 11.2. The van der Waals surface area contributed by atoms with E-state index in [1.54, 1.807) is 18.2 Å². The van der Waals surface area contributed by atoms with E-state index in [1.165, 1.54) is 6.07 Å². The molecule has 17 heavy (non-hydrogen) atoms. The maximum atomic E-state index is 12.1. The first-order chi connectivity index (χ1) is 8.13. The second-order valence-corrected chi connectivity index (χ2v) is 3.99. The van der Waals surface area contributed by atoms with E-state index >= 15 is 0 Å². The van der Waals surface area contributed by atoms with Crippen LogP contribution < -0.4 is 10.1 Å². The molecule has 0 spiro atoms. The van der Waals surface area contributed by atoms with Crippen molar-refractivity contribution in [3.05, 3.63) is 29.8 Å². The third kappa shape index (κ3) is 5.12. The second-order valence-electron chi connectivity index (χ2n) is 3.20. The number of rotatable bonds is 6. The lowest BCUT2D eigenvalue weighted by Gasteiger charge is -2.11. The molecule has 94 valence electrons. The van der Waals surface area contributed by atoms with Gasteiger partial charge in [-0.1, -0.05) is 34.1 Å². The standard InChI is InChI=1S/C11H12BrF2NO2/c12-6-5-10(16)15-7-8-3-1-2-4-9(8)17-11(13)14/h1-4,11H,5-7H2,(H,15,16). The molecule has 1 aromatic rings. The maximum absolute atomic E-state index is 12.1. The number of alkyl halides is 3. The van der Waals surface area contributed by atoms with E-state index < -0.39 is 6.61 Å². The summed E-state index contributed by atoms with van der Waals surface area (Å²) in [6.07, 6.45) is 0.345. The van der Waals surface area contributed by atoms with E-state index in [0.717, 1.165) is 0 Å². The van der Waals surface area contributed by atoms with Gasteiger partial charge in [-0.15, -0.1) is 0 Å². The summed E-state index contributed by atoms with van der Waals surface area (Å²) in [6, 6.07) is 6.37. The zero-order valence-electron chi connectivity index (χ0n) is 8.96. The van der Waals surface area contributed by atoms with Crippen LogP contribution in [0.4, 0.5) is 8.78 Å². The lowest BCUT2D eigenvalue weighted by atomic mass is 10.2. The minimum Gasteiger partial charge on any atom is -0.434 e. The Morgan fingerprint density at radius 1 is 1.41 bits per heavy atom. The van der Waals surface area contributed by atoms with Crippen molar-refractivity contribution in [2.45, 2.75) is 19.6 Å². The number of hydrogen-bond acceptors (Lipinski definition) is 2. The molecule has 1 rings (SSSR count). The van der Waals surface area contributed by atoms with Gasteiger partial charge in [0.05, 0.1) is 0 Å². The van der Waals surface area contributed by atoms with Gasteiger partial charge in [0, 0.05) is 23.9 Å². The van der Waals surface area contributed by atoms with Crippen molar-refractivity contribution in [1.29, 1.82) is 0 Å². The Balaban J connectivity index is 2.60. The number of hydrogen-bond donors (Lipinski definition) is 1. The van der Waals surface area contributed by atoms with Gasteiger partial charge in [0.15, 0.2) is 0 Å². The molecule has 0 atom stereocenters. The molecular weight excluding hydrogens is 296 g/mol. The fourth-order valence-electron chi connectivity index (χ4n) is 1.23. The molecule has 1 amide bonds. The Bertz CT molecular complexity index is 374. The molecule has 0 aliphatic heterocycles. The highest BCUT2D eigenvalue weighted by atomic mass is 79.9. The number of amides is 1. The quantitative estimate of drug-likeness (QED) is 0.821. The topological polar surface area (TPSA) is 38.3 Å². The van der Waals surface area contributed by atoms with E-state index in [4.69, 9.17) is 0 Å². The molecule has 0 fully saturated rings. The minimum absolute atomic E-state index is 0.0849. The molecule has 0 aliphatic rings. The highest BCUT2D eigenvalue weighted by molar-refractivity contribution is 9.09. The average molecular weight is 308 g/mol. The van der Waals surface area contributed by atoms with E-state index in [-0.39, 0.29) is 18.2 Å². The molecule has 0 saturated carbocycles. The summed E-state index contributed by atoms with van der Waals surface area (Å²) < 4.78 is 28.6. The van der Waals surface area contributed by atoms with Gasteiger partial charge in [-0.25, -0.2) is 0 Å². The summed E-state index contributed by atoms with van der Waals surface area (Å²) >= 11 is 3.14. The lowest BCUT2D eigenvalue weighted by Crippen LogP contribution is -2.23. The summed E-state index contributed by atoms with van der Waals surface area (Å²) in [7, 11) is 0. The zero-order chi connectivity index (χ0) is 12.7. The fourth-order valence-corrected chi connectivity index (χ4v) is 1.59. The fraction of sp³-hybridized carbons (Fsp3) is 0.364. The SMILES string of the molecule is O=C(CCBr)NCc1ccccc1OC(F)F. The van der Waals surface area contributed by atoms with Crippen molar-refractivity contribution in [2.75, 3.05) is 5.33 Å². The molecule has 0 heterocycles. The van der Waals surface area contributed by atoms with Crippen molar-refractivity contribution >= 4 is 21.8 Å². The van der Waals surface area contributed by atoms with Gasteiger partial charge in [-0.3, -0.25) is 4.79 Å². The molecule has 0 unspecified atom stereocenters. The van der Waals surface area contributed by atoms with Crippen LogP contribution >= 0.6 is 15.9 Å². The third-order valence-corrected chi connectivity index (χ3v) is 2.38.